The summed E-state index contributed by atoms with van der Waals surface area (Å²) in [6, 6.07) is 0. The molecule has 2 rings (SSSR count). The van der Waals surface area contributed by atoms with E-state index in [0.717, 1.165) is 0 Å². The van der Waals surface area contributed by atoms with Gasteiger partial charge in [-0.2, -0.15) is 27.4 Å². The number of alkyl halides is 3. The molecule has 1 aromatic heterocycles. The molecule has 1 atom stereocenters. The second-order valence-electron chi connectivity index (χ2n) is 5.01. The van der Waals surface area contributed by atoms with E-state index in [1.165, 1.54) is 24.7 Å². The molecule has 0 radical (unpaired) electrons. The van der Waals surface area contributed by atoms with Gasteiger partial charge in [-0.25, -0.2) is 0 Å². The van der Waals surface area contributed by atoms with Crippen molar-refractivity contribution in [1.29, 1.82) is 0 Å². The second-order valence-corrected chi connectivity index (χ2v) is 7.22. The Hall–Kier alpha value is -1.26. The molecule has 0 saturated carbocycles. The normalized spacial score (nSPS) is 23.0. The summed E-state index contributed by atoms with van der Waals surface area (Å²) in [5, 5.41) is 13.4. The monoisotopic (exact) mass is 356 g/mol. The van der Waals surface area contributed by atoms with Crippen molar-refractivity contribution in [1.82, 2.24) is 14.2 Å². The highest BCUT2D eigenvalue weighted by atomic mass is 35.5. The summed E-state index contributed by atoms with van der Waals surface area (Å²) in [4.78, 5) is -0.313. The number of hydrogen-bond acceptors (Lipinski definition) is 5. The third kappa shape index (κ3) is 2.48. The lowest BCUT2D eigenvalue weighted by atomic mass is 10.1. The van der Waals surface area contributed by atoms with E-state index >= 15 is 0 Å². The number of aromatic nitrogens is 2. The number of aliphatic hydroxyl groups is 1. The Bertz CT molecular complexity index is 728. The number of sulfonamides is 1. The Morgan fingerprint density at radius 2 is 2.09 bits per heavy atom. The molecule has 124 valence electrons. The van der Waals surface area contributed by atoms with Gasteiger partial charge in [0, 0.05) is 24.9 Å². The van der Waals surface area contributed by atoms with Crippen LogP contribution in [0, 0.1) is 6.92 Å². The summed E-state index contributed by atoms with van der Waals surface area (Å²) in [5.74, 6) is 0. The quantitative estimate of drug-likeness (QED) is 0.828. The average molecular weight is 357 g/mol. The van der Waals surface area contributed by atoms with Crippen LogP contribution >= 0.6 is 11.6 Å². The zero-order chi connectivity index (χ0) is 16.9. The van der Waals surface area contributed by atoms with E-state index in [1.807, 2.05) is 0 Å². The molecule has 0 aliphatic carbocycles. The third-order valence-corrected chi connectivity index (χ3v) is 5.36. The van der Waals surface area contributed by atoms with Crippen molar-refractivity contribution < 1.29 is 22.3 Å². The Kier molecular flexibility index (Phi) is 3.99. The van der Waals surface area contributed by atoms with E-state index in [2.05, 4.69) is 10.2 Å². The molecule has 1 N–H and O–H groups in total. The van der Waals surface area contributed by atoms with Crippen LogP contribution in [0.2, 0.25) is 0 Å². The standard InChI is InChI=1S/C11H15ClF2N4O3S/c1-4-17-6-9(8(3)16-17)22(20,21)18-10(19,11(12,13)14)5-7(2)15-18/h6,19H,4-5H2,1-3H3/t10-/m1/s1. The van der Waals surface area contributed by atoms with Gasteiger partial charge in [0.2, 0.25) is 0 Å². The van der Waals surface area contributed by atoms with Crippen molar-refractivity contribution in [3.05, 3.63) is 11.9 Å². The lowest BCUT2D eigenvalue weighted by Gasteiger charge is -2.34. The van der Waals surface area contributed by atoms with Crippen LogP contribution in [-0.2, 0) is 16.6 Å². The first-order valence-corrected chi connectivity index (χ1v) is 8.18. The maximum Gasteiger partial charge on any atom is 0.371 e. The molecule has 1 aliphatic heterocycles. The van der Waals surface area contributed by atoms with Crippen LogP contribution in [-0.4, -0.2) is 44.5 Å². The first-order chi connectivity index (χ1) is 9.93. The van der Waals surface area contributed by atoms with Crippen molar-refractivity contribution in [2.24, 2.45) is 5.10 Å². The summed E-state index contributed by atoms with van der Waals surface area (Å²) in [6.07, 6.45) is 0.504. The van der Waals surface area contributed by atoms with Gasteiger partial charge in [0.1, 0.15) is 4.90 Å². The molecule has 11 heteroatoms. The lowest BCUT2D eigenvalue weighted by Crippen LogP contribution is -2.56. The summed E-state index contributed by atoms with van der Waals surface area (Å²) in [7, 11) is -4.53. The van der Waals surface area contributed by atoms with Crippen LogP contribution in [0.5, 0.6) is 0 Å². The van der Waals surface area contributed by atoms with Gasteiger partial charge in [-0.1, -0.05) is 0 Å². The highest BCUT2D eigenvalue weighted by Crippen LogP contribution is 2.44. The highest BCUT2D eigenvalue weighted by molar-refractivity contribution is 7.89. The fourth-order valence-electron chi connectivity index (χ4n) is 2.17. The lowest BCUT2D eigenvalue weighted by molar-refractivity contribution is -0.175. The number of hydrogen-bond donors (Lipinski definition) is 1. The van der Waals surface area contributed by atoms with Gasteiger partial charge in [0.15, 0.2) is 0 Å². The highest BCUT2D eigenvalue weighted by Gasteiger charge is 2.62. The van der Waals surface area contributed by atoms with E-state index in [-0.39, 0.29) is 20.7 Å². The van der Waals surface area contributed by atoms with Crippen LogP contribution in [0.3, 0.4) is 0 Å². The fraction of sp³-hybridized carbons (Fsp3) is 0.636. The van der Waals surface area contributed by atoms with Gasteiger partial charge in [-0.05, 0) is 32.4 Å². The predicted octanol–water partition coefficient (Wildman–Crippen LogP) is 1.50. The van der Waals surface area contributed by atoms with Gasteiger partial charge in [0.05, 0.1) is 5.69 Å². The number of rotatable bonds is 4. The van der Waals surface area contributed by atoms with Crippen molar-refractivity contribution in [2.45, 2.75) is 49.7 Å². The number of aryl methyl sites for hydroxylation is 2. The van der Waals surface area contributed by atoms with Gasteiger partial charge >= 0.3 is 5.38 Å². The molecule has 22 heavy (non-hydrogen) atoms. The van der Waals surface area contributed by atoms with Gasteiger partial charge < -0.3 is 5.11 Å². The number of nitrogens with zero attached hydrogens (tertiary/aromatic N) is 4. The maximum absolute atomic E-state index is 13.6. The summed E-state index contributed by atoms with van der Waals surface area (Å²) >= 11 is 4.92. The smallest absolute Gasteiger partial charge is 0.363 e. The zero-order valence-electron chi connectivity index (χ0n) is 12.1. The van der Waals surface area contributed by atoms with Gasteiger partial charge in [-0.3, -0.25) is 4.68 Å². The van der Waals surface area contributed by atoms with Crippen molar-refractivity contribution in [3.8, 4) is 0 Å². The molecule has 1 aromatic rings. The van der Waals surface area contributed by atoms with E-state index in [0.29, 0.717) is 6.54 Å². The summed E-state index contributed by atoms with van der Waals surface area (Å²) in [5.41, 5.74) is -3.02. The molecular weight excluding hydrogens is 342 g/mol. The van der Waals surface area contributed by atoms with E-state index < -0.39 is 27.6 Å². The van der Waals surface area contributed by atoms with Crippen LogP contribution < -0.4 is 0 Å². The van der Waals surface area contributed by atoms with Crippen molar-refractivity contribution in [3.63, 3.8) is 0 Å². The Morgan fingerprint density at radius 1 is 1.50 bits per heavy atom. The molecular formula is C11H15ClF2N4O3S. The first kappa shape index (κ1) is 17.1. The van der Waals surface area contributed by atoms with Crippen molar-refractivity contribution >= 4 is 27.3 Å². The first-order valence-electron chi connectivity index (χ1n) is 6.36. The van der Waals surface area contributed by atoms with Crippen LogP contribution in [0.4, 0.5) is 8.78 Å². The molecule has 0 aromatic carbocycles. The number of halogens is 3. The Morgan fingerprint density at radius 3 is 2.55 bits per heavy atom. The molecule has 0 fully saturated rings. The van der Waals surface area contributed by atoms with Gasteiger partial charge in [-0.15, -0.1) is 4.41 Å². The SMILES string of the molecule is CCn1cc(S(=O)(=O)N2N=C(C)C[C@@]2(O)C(F)(F)Cl)c(C)n1. The molecule has 0 bridgehead atoms. The minimum absolute atomic E-state index is 0.0203. The molecule has 0 saturated heterocycles. The molecule has 0 amide bonds. The summed E-state index contributed by atoms with van der Waals surface area (Å²) < 4.78 is 53.7. The Labute approximate surface area is 131 Å². The molecule has 2 heterocycles. The van der Waals surface area contributed by atoms with Gasteiger partial charge in [0.25, 0.3) is 15.7 Å². The fourth-order valence-corrected chi connectivity index (χ4v) is 4.04. The third-order valence-electron chi connectivity index (χ3n) is 3.27. The second kappa shape index (κ2) is 5.14. The average Bonchev–Trinajstić information content (AvgIpc) is 2.90. The van der Waals surface area contributed by atoms with Crippen LogP contribution in [0.15, 0.2) is 16.2 Å². The largest absolute Gasteiger partial charge is 0.371 e. The number of hydrazone groups is 1. The molecule has 0 spiro atoms. The molecule has 0 unspecified atom stereocenters. The maximum atomic E-state index is 13.6. The molecule has 1 aliphatic rings. The van der Waals surface area contributed by atoms with E-state index in [4.69, 9.17) is 11.6 Å². The van der Waals surface area contributed by atoms with Crippen molar-refractivity contribution in [2.75, 3.05) is 0 Å². The van der Waals surface area contributed by atoms with Crippen LogP contribution in [0.25, 0.3) is 0 Å². The minimum Gasteiger partial charge on any atom is -0.363 e. The molecule has 7 nitrogen and oxygen atoms in total. The topological polar surface area (TPSA) is 87.8 Å². The Balaban J connectivity index is 2.58. The minimum atomic E-state index is -4.53. The summed E-state index contributed by atoms with van der Waals surface area (Å²) in [6.45, 7) is 4.88. The predicted molar refractivity (Wildman–Crippen MR) is 75.1 cm³/mol. The van der Waals surface area contributed by atoms with E-state index in [1.54, 1.807) is 6.92 Å². The van der Waals surface area contributed by atoms with E-state index in [9.17, 15) is 22.3 Å². The zero-order valence-corrected chi connectivity index (χ0v) is 13.7. The van der Waals surface area contributed by atoms with Crippen LogP contribution in [0.1, 0.15) is 26.0 Å².